The zero-order valence-corrected chi connectivity index (χ0v) is 15.6. The van der Waals surface area contributed by atoms with Crippen LogP contribution in [-0.2, 0) is 0 Å². The Bertz CT molecular complexity index is 959. The number of nitrogens with zero attached hydrogens (tertiary/aromatic N) is 6. The summed E-state index contributed by atoms with van der Waals surface area (Å²) in [5.41, 5.74) is 1.05. The third kappa shape index (κ3) is 3.78. The summed E-state index contributed by atoms with van der Waals surface area (Å²) in [4.78, 5) is 28.9. The van der Waals surface area contributed by atoms with Crippen LogP contribution >= 0.6 is 0 Å². The molecule has 1 aliphatic heterocycles. The maximum absolute atomic E-state index is 12.7. The van der Waals surface area contributed by atoms with E-state index in [1.807, 2.05) is 25.1 Å². The molecule has 144 valence electrons. The first-order valence-electron chi connectivity index (χ1n) is 8.92. The molecule has 0 bridgehead atoms. The van der Waals surface area contributed by atoms with Crippen LogP contribution in [0.4, 0.5) is 5.82 Å². The third-order valence-corrected chi connectivity index (χ3v) is 4.45. The molecule has 0 aliphatic carbocycles. The molecule has 0 radical (unpaired) electrons. The van der Waals surface area contributed by atoms with Crippen LogP contribution in [0.2, 0.25) is 0 Å². The summed E-state index contributed by atoms with van der Waals surface area (Å²) in [6.45, 7) is 1.04. The van der Waals surface area contributed by atoms with E-state index in [-0.39, 0.29) is 17.7 Å². The lowest BCUT2D eigenvalue weighted by Crippen LogP contribution is -2.31. The first kappa shape index (κ1) is 17.9. The Morgan fingerprint density at radius 2 is 2.18 bits per heavy atom. The first-order chi connectivity index (χ1) is 13.6. The molecule has 0 saturated carbocycles. The Kier molecular flexibility index (Phi) is 4.88. The lowest BCUT2D eigenvalue weighted by atomic mass is 10.2. The van der Waals surface area contributed by atoms with Crippen molar-refractivity contribution in [1.82, 2.24) is 25.0 Å². The van der Waals surface area contributed by atoms with Gasteiger partial charge in [-0.3, -0.25) is 14.8 Å². The second-order valence-corrected chi connectivity index (χ2v) is 6.71. The van der Waals surface area contributed by atoms with Gasteiger partial charge < -0.3 is 19.1 Å². The maximum atomic E-state index is 12.7. The van der Waals surface area contributed by atoms with Crippen molar-refractivity contribution in [2.45, 2.75) is 12.5 Å². The maximum Gasteiger partial charge on any atom is 0.276 e. The molecule has 1 fully saturated rings. The highest BCUT2D eigenvalue weighted by Gasteiger charge is 2.30. The molecule has 9 heteroatoms. The van der Waals surface area contributed by atoms with Gasteiger partial charge in [0.25, 0.3) is 5.91 Å². The fraction of sp³-hybridized carbons (Fsp3) is 0.316. The number of pyridine rings is 1. The zero-order chi connectivity index (χ0) is 19.5. The standard InChI is InChI=1S/C19H20N6O3/c1-24(2)17-10-21-11-18(22-17)27-14-5-7-25(12-14)19(26)15-8-16(28-23-15)13-4-3-6-20-9-13/h3-4,6,8-11,14H,5,7,12H2,1-2H3. The Labute approximate surface area is 162 Å². The second kappa shape index (κ2) is 7.63. The second-order valence-electron chi connectivity index (χ2n) is 6.71. The Morgan fingerprint density at radius 1 is 1.29 bits per heavy atom. The van der Waals surface area contributed by atoms with Crippen molar-refractivity contribution in [2.24, 2.45) is 0 Å². The van der Waals surface area contributed by atoms with E-state index >= 15 is 0 Å². The average molecular weight is 380 g/mol. The van der Waals surface area contributed by atoms with Gasteiger partial charge in [-0.2, -0.15) is 4.98 Å². The minimum atomic E-state index is -0.182. The Morgan fingerprint density at radius 3 is 2.96 bits per heavy atom. The monoisotopic (exact) mass is 380 g/mol. The van der Waals surface area contributed by atoms with Crippen molar-refractivity contribution < 1.29 is 14.1 Å². The number of anilines is 1. The van der Waals surface area contributed by atoms with Crippen molar-refractivity contribution in [2.75, 3.05) is 32.1 Å². The van der Waals surface area contributed by atoms with Gasteiger partial charge in [-0.05, 0) is 12.1 Å². The van der Waals surface area contributed by atoms with Crippen LogP contribution in [0.3, 0.4) is 0 Å². The molecule has 28 heavy (non-hydrogen) atoms. The summed E-state index contributed by atoms with van der Waals surface area (Å²) < 4.78 is 11.2. The first-order valence-corrected chi connectivity index (χ1v) is 8.92. The van der Waals surface area contributed by atoms with Gasteiger partial charge in [-0.25, -0.2) is 0 Å². The van der Waals surface area contributed by atoms with Crippen molar-refractivity contribution >= 4 is 11.7 Å². The molecule has 3 aromatic heterocycles. The molecule has 1 unspecified atom stereocenters. The number of likely N-dealkylation sites (tertiary alicyclic amines) is 1. The molecule has 0 N–H and O–H groups in total. The number of carbonyl (C=O) groups excluding carboxylic acids is 1. The predicted octanol–water partition coefficient (Wildman–Crippen LogP) is 1.89. The molecular weight excluding hydrogens is 360 g/mol. The van der Waals surface area contributed by atoms with Crippen LogP contribution in [0, 0.1) is 0 Å². The number of hydrogen-bond donors (Lipinski definition) is 0. The lowest BCUT2D eigenvalue weighted by Gasteiger charge is -2.16. The van der Waals surface area contributed by atoms with E-state index in [2.05, 4.69) is 20.1 Å². The summed E-state index contributed by atoms with van der Waals surface area (Å²) in [6, 6.07) is 5.29. The normalized spacial score (nSPS) is 16.2. The summed E-state index contributed by atoms with van der Waals surface area (Å²) in [5.74, 6) is 1.50. The molecule has 1 aliphatic rings. The van der Waals surface area contributed by atoms with Gasteiger partial charge in [-0.15, -0.1) is 0 Å². The van der Waals surface area contributed by atoms with E-state index in [4.69, 9.17) is 9.26 Å². The van der Waals surface area contributed by atoms with Crippen molar-refractivity contribution in [1.29, 1.82) is 0 Å². The van der Waals surface area contributed by atoms with E-state index in [0.29, 0.717) is 37.0 Å². The quantitative estimate of drug-likeness (QED) is 0.662. The molecule has 1 atom stereocenters. The van der Waals surface area contributed by atoms with E-state index < -0.39 is 0 Å². The highest BCUT2D eigenvalue weighted by atomic mass is 16.5. The van der Waals surface area contributed by atoms with Crippen molar-refractivity contribution in [3.05, 3.63) is 48.7 Å². The Balaban J connectivity index is 1.40. The van der Waals surface area contributed by atoms with E-state index in [0.717, 1.165) is 5.56 Å². The van der Waals surface area contributed by atoms with Gasteiger partial charge in [0, 0.05) is 51.1 Å². The lowest BCUT2D eigenvalue weighted by molar-refractivity contribution is 0.0761. The smallest absolute Gasteiger partial charge is 0.276 e. The number of rotatable bonds is 5. The highest BCUT2D eigenvalue weighted by Crippen LogP contribution is 2.22. The van der Waals surface area contributed by atoms with Gasteiger partial charge in [0.15, 0.2) is 17.3 Å². The average Bonchev–Trinajstić information content (AvgIpc) is 3.38. The highest BCUT2D eigenvalue weighted by molar-refractivity contribution is 5.93. The van der Waals surface area contributed by atoms with Crippen LogP contribution in [0.15, 0.2) is 47.5 Å². The molecule has 9 nitrogen and oxygen atoms in total. The number of ether oxygens (including phenoxy) is 1. The van der Waals surface area contributed by atoms with E-state index in [1.165, 1.54) is 0 Å². The van der Waals surface area contributed by atoms with E-state index in [1.54, 1.807) is 41.8 Å². The number of carbonyl (C=O) groups is 1. The van der Waals surface area contributed by atoms with Crippen LogP contribution in [0.25, 0.3) is 11.3 Å². The molecular formula is C19H20N6O3. The minimum Gasteiger partial charge on any atom is -0.471 e. The molecule has 0 spiro atoms. The third-order valence-electron chi connectivity index (χ3n) is 4.45. The summed E-state index contributed by atoms with van der Waals surface area (Å²) >= 11 is 0. The Hall–Kier alpha value is -3.49. The molecule has 1 saturated heterocycles. The number of hydrogen-bond acceptors (Lipinski definition) is 8. The van der Waals surface area contributed by atoms with Gasteiger partial charge in [0.05, 0.1) is 18.9 Å². The molecule has 1 amide bonds. The largest absolute Gasteiger partial charge is 0.471 e. The fourth-order valence-corrected chi connectivity index (χ4v) is 2.97. The van der Waals surface area contributed by atoms with E-state index in [9.17, 15) is 4.79 Å². The van der Waals surface area contributed by atoms with Crippen molar-refractivity contribution in [3.63, 3.8) is 0 Å². The topological polar surface area (TPSA) is 97.5 Å². The van der Waals surface area contributed by atoms with Gasteiger partial charge in [-0.1, -0.05) is 5.16 Å². The zero-order valence-electron chi connectivity index (χ0n) is 15.6. The van der Waals surface area contributed by atoms with Crippen LogP contribution in [0.1, 0.15) is 16.9 Å². The van der Waals surface area contributed by atoms with Gasteiger partial charge in [0.2, 0.25) is 5.88 Å². The number of aromatic nitrogens is 4. The summed E-state index contributed by atoms with van der Waals surface area (Å²) in [7, 11) is 3.78. The molecule has 0 aromatic carbocycles. The number of amides is 1. The minimum absolute atomic E-state index is 0.139. The SMILES string of the molecule is CN(C)c1cncc(OC2CCN(C(=O)c3cc(-c4cccnc4)on3)C2)n1. The fourth-order valence-electron chi connectivity index (χ4n) is 2.97. The van der Waals surface area contributed by atoms with Crippen LogP contribution in [0.5, 0.6) is 5.88 Å². The van der Waals surface area contributed by atoms with Crippen molar-refractivity contribution in [3.8, 4) is 17.2 Å². The summed E-state index contributed by atoms with van der Waals surface area (Å²) in [6.07, 6.45) is 7.16. The molecule has 4 heterocycles. The van der Waals surface area contributed by atoms with Crippen LogP contribution < -0.4 is 9.64 Å². The molecule has 3 aromatic rings. The predicted molar refractivity (Wildman–Crippen MR) is 101 cm³/mol. The summed E-state index contributed by atoms with van der Waals surface area (Å²) in [5, 5.41) is 3.91. The van der Waals surface area contributed by atoms with Gasteiger partial charge >= 0.3 is 0 Å². The van der Waals surface area contributed by atoms with Crippen LogP contribution in [-0.4, -0.2) is 64.2 Å². The van der Waals surface area contributed by atoms with Gasteiger partial charge in [0.1, 0.15) is 6.10 Å². The molecule has 4 rings (SSSR count).